The highest BCUT2D eigenvalue weighted by Crippen LogP contribution is 2.22. The number of aromatic nitrogens is 3. The van der Waals surface area contributed by atoms with Gasteiger partial charge in [0.25, 0.3) is 0 Å². The molecular formula is C15H15N5. The van der Waals surface area contributed by atoms with E-state index in [0.29, 0.717) is 0 Å². The largest absolute Gasteiger partial charge is 0.355 e. The van der Waals surface area contributed by atoms with Crippen molar-refractivity contribution in [1.29, 1.82) is 5.26 Å². The SMILES string of the molecule is N#CC1CCN(c2ccc(-c3cccnc3)nn2)CC1. The molecular weight excluding hydrogens is 250 g/mol. The number of piperidine rings is 1. The van der Waals surface area contributed by atoms with Gasteiger partial charge in [0.15, 0.2) is 5.82 Å². The number of hydrogen-bond donors (Lipinski definition) is 0. The van der Waals surface area contributed by atoms with Crippen molar-refractivity contribution in [2.75, 3.05) is 18.0 Å². The molecule has 3 heterocycles. The first-order chi connectivity index (χ1) is 9.86. The van der Waals surface area contributed by atoms with E-state index < -0.39 is 0 Å². The maximum atomic E-state index is 8.91. The molecule has 1 aliphatic rings. The third-order valence-electron chi connectivity index (χ3n) is 3.61. The second-order valence-electron chi connectivity index (χ2n) is 4.91. The first kappa shape index (κ1) is 12.5. The van der Waals surface area contributed by atoms with Gasteiger partial charge in [-0.25, -0.2) is 0 Å². The zero-order chi connectivity index (χ0) is 13.8. The molecule has 2 aromatic heterocycles. The van der Waals surface area contributed by atoms with Gasteiger partial charge in [-0.2, -0.15) is 5.26 Å². The van der Waals surface area contributed by atoms with Crippen LogP contribution in [0, 0.1) is 17.2 Å². The summed E-state index contributed by atoms with van der Waals surface area (Å²) in [6, 6.07) is 10.1. The van der Waals surface area contributed by atoms with Crippen LogP contribution in [0.1, 0.15) is 12.8 Å². The summed E-state index contributed by atoms with van der Waals surface area (Å²) in [5, 5.41) is 17.5. The Morgan fingerprint density at radius 1 is 1.15 bits per heavy atom. The standard InChI is InChI=1S/C15H15N5/c16-10-12-5-8-20(9-6-12)15-4-3-14(18-19-15)13-2-1-7-17-11-13/h1-4,7,11-12H,5-6,8-9H2. The molecule has 0 unspecified atom stereocenters. The van der Waals surface area contributed by atoms with E-state index >= 15 is 0 Å². The molecule has 0 atom stereocenters. The average molecular weight is 265 g/mol. The Kier molecular flexibility index (Phi) is 3.55. The molecule has 1 saturated heterocycles. The molecule has 1 aliphatic heterocycles. The average Bonchev–Trinajstić information content (AvgIpc) is 2.56. The molecule has 20 heavy (non-hydrogen) atoms. The van der Waals surface area contributed by atoms with E-state index in [1.807, 2.05) is 24.3 Å². The quantitative estimate of drug-likeness (QED) is 0.833. The zero-order valence-electron chi connectivity index (χ0n) is 11.1. The van der Waals surface area contributed by atoms with Gasteiger partial charge in [-0.1, -0.05) is 0 Å². The Morgan fingerprint density at radius 3 is 2.60 bits per heavy atom. The summed E-state index contributed by atoms with van der Waals surface area (Å²) >= 11 is 0. The lowest BCUT2D eigenvalue weighted by atomic mass is 9.99. The third kappa shape index (κ3) is 2.59. The van der Waals surface area contributed by atoms with Crippen LogP contribution in [-0.2, 0) is 0 Å². The van der Waals surface area contributed by atoms with Gasteiger partial charge >= 0.3 is 0 Å². The van der Waals surface area contributed by atoms with Crippen molar-refractivity contribution in [2.24, 2.45) is 5.92 Å². The van der Waals surface area contributed by atoms with Gasteiger partial charge in [-0.15, -0.1) is 10.2 Å². The predicted molar refractivity (Wildman–Crippen MR) is 75.8 cm³/mol. The number of rotatable bonds is 2. The maximum absolute atomic E-state index is 8.91. The summed E-state index contributed by atoms with van der Waals surface area (Å²) in [5.41, 5.74) is 1.79. The van der Waals surface area contributed by atoms with Crippen LogP contribution in [0.2, 0.25) is 0 Å². The van der Waals surface area contributed by atoms with Crippen molar-refractivity contribution in [3.8, 4) is 17.3 Å². The molecule has 2 aromatic rings. The summed E-state index contributed by atoms with van der Waals surface area (Å²) in [4.78, 5) is 6.27. The minimum atomic E-state index is 0.189. The predicted octanol–water partition coefficient (Wildman–Crippen LogP) is 2.28. The van der Waals surface area contributed by atoms with E-state index in [1.54, 1.807) is 12.4 Å². The number of nitriles is 1. The lowest BCUT2D eigenvalue weighted by Gasteiger charge is -2.29. The monoisotopic (exact) mass is 265 g/mol. The summed E-state index contributed by atoms with van der Waals surface area (Å²) in [6.07, 6.45) is 5.33. The molecule has 0 aliphatic carbocycles. The van der Waals surface area contributed by atoms with Gasteiger partial charge < -0.3 is 4.90 Å². The fraction of sp³-hybridized carbons (Fsp3) is 0.333. The molecule has 100 valence electrons. The lowest BCUT2D eigenvalue weighted by Crippen LogP contribution is -2.33. The molecule has 0 bridgehead atoms. The van der Waals surface area contributed by atoms with Crippen molar-refractivity contribution in [2.45, 2.75) is 12.8 Å². The van der Waals surface area contributed by atoms with E-state index in [2.05, 4.69) is 26.2 Å². The highest BCUT2D eigenvalue weighted by molar-refractivity contribution is 5.58. The fourth-order valence-corrected chi connectivity index (χ4v) is 2.40. The Morgan fingerprint density at radius 2 is 2.00 bits per heavy atom. The smallest absolute Gasteiger partial charge is 0.151 e. The van der Waals surface area contributed by atoms with Gasteiger partial charge in [0.05, 0.1) is 11.8 Å². The van der Waals surface area contributed by atoms with Gasteiger partial charge in [0.1, 0.15) is 0 Å². The number of hydrogen-bond acceptors (Lipinski definition) is 5. The summed E-state index contributed by atoms with van der Waals surface area (Å²) in [7, 11) is 0. The summed E-state index contributed by atoms with van der Waals surface area (Å²) in [5.74, 6) is 1.07. The first-order valence-corrected chi connectivity index (χ1v) is 6.75. The molecule has 0 N–H and O–H groups in total. The Labute approximate surface area is 117 Å². The van der Waals surface area contributed by atoms with E-state index in [0.717, 1.165) is 43.0 Å². The lowest BCUT2D eigenvalue weighted by molar-refractivity contribution is 0.484. The molecule has 0 spiro atoms. The zero-order valence-corrected chi connectivity index (χ0v) is 11.1. The highest BCUT2D eigenvalue weighted by Gasteiger charge is 2.19. The van der Waals surface area contributed by atoms with Crippen LogP contribution in [0.25, 0.3) is 11.3 Å². The van der Waals surface area contributed by atoms with Gasteiger partial charge in [0.2, 0.25) is 0 Å². The van der Waals surface area contributed by atoms with Crippen LogP contribution >= 0.6 is 0 Å². The molecule has 5 heteroatoms. The van der Waals surface area contributed by atoms with Crippen LogP contribution < -0.4 is 4.90 Å². The minimum Gasteiger partial charge on any atom is -0.355 e. The van der Waals surface area contributed by atoms with Crippen molar-refractivity contribution < 1.29 is 0 Å². The van der Waals surface area contributed by atoms with Crippen LogP contribution in [0.3, 0.4) is 0 Å². The van der Waals surface area contributed by atoms with E-state index in [4.69, 9.17) is 5.26 Å². The Bertz CT molecular complexity index is 594. The van der Waals surface area contributed by atoms with E-state index in [9.17, 15) is 0 Å². The van der Waals surface area contributed by atoms with Crippen molar-refractivity contribution in [1.82, 2.24) is 15.2 Å². The van der Waals surface area contributed by atoms with Gasteiger partial charge in [0, 0.05) is 37.0 Å². The van der Waals surface area contributed by atoms with Crippen LogP contribution in [0.5, 0.6) is 0 Å². The highest BCUT2D eigenvalue weighted by atomic mass is 15.3. The second kappa shape index (κ2) is 5.66. The molecule has 1 fully saturated rings. The van der Waals surface area contributed by atoms with Gasteiger partial charge in [-0.05, 0) is 37.1 Å². The number of anilines is 1. The second-order valence-corrected chi connectivity index (χ2v) is 4.91. The normalized spacial score (nSPS) is 15.8. The van der Waals surface area contributed by atoms with Crippen molar-refractivity contribution >= 4 is 5.82 Å². The Balaban J connectivity index is 1.73. The summed E-state index contributed by atoms with van der Waals surface area (Å²) in [6.45, 7) is 1.75. The topological polar surface area (TPSA) is 65.7 Å². The molecule has 0 radical (unpaired) electrons. The fourth-order valence-electron chi connectivity index (χ4n) is 2.40. The molecule has 0 saturated carbocycles. The van der Waals surface area contributed by atoms with Gasteiger partial charge in [-0.3, -0.25) is 4.98 Å². The van der Waals surface area contributed by atoms with Crippen LogP contribution in [-0.4, -0.2) is 28.3 Å². The molecule has 0 amide bonds. The van der Waals surface area contributed by atoms with Crippen molar-refractivity contribution in [3.63, 3.8) is 0 Å². The summed E-state index contributed by atoms with van der Waals surface area (Å²) < 4.78 is 0. The maximum Gasteiger partial charge on any atom is 0.151 e. The molecule has 5 nitrogen and oxygen atoms in total. The molecule has 0 aromatic carbocycles. The van der Waals surface area contributed by atoms with Crippen molar-refractivity contribution in [3.05, 3.63) is 36.7 Å². The molecule has 3 rings (SSSR count). The third-order valence-corrected chi connectivity index (χ3v) is 3.61. The number of nitrogens with zero attached hydrogens (tertiary/aromatic N) is 5. The van der Waals surface area contributed by atoms with E-state index in [-0.39, 0.29) is 5.92 Å². The first-order valence-electron chi connectivity index (χ1n) is 6.75. The number of pyridine rings is 1. The van der Waals surface area contributed by atoms with Crippen LogP contribution in [0.15, 0.2) is 36.7 Å². The Hall–Kier alpha value is -2.48. The van der Waals surface area contributed by atoms with E-state index in [1.165, 1.54) is 0 Å². The van der Waals surface area contributed by atoms with Crippen LogP contribution in [0.4, 0.5) is 5.82 Å². The minimum absolute atomic E-state index is 0.189.